The summed E-state index contributed by atoms with van der Waals surface area (Å²) in [6.07, 6.45) is 0. The molecule has 0 saturated heterocycles. The lowest BCUT2D eigenvalue weighted by atomic mass is 10.1. The van der Waals surface area contributed by atoms with Crippen LogP contribution in [0.25, 0.3) is 22.5 Å². The molecule has 0 fully saturated rings. The smallest absolute Gasteiger partial charge is 0.311 e. The van der Waals surface area contributed by atoms with Crippen molar-refractivity contribution in [3.05, 3.63) is 156 Å². The Labute approximate surface area is 258 Å². The average molecular weight is 585 g/mol. The number of nitro groups is 1. The van der Waals surface area contributed by atoms with Crippen LogP contribution in [0.2, 0.25) is 0 Å². The summed E-state index contributed by atoms with van der Waals surface area (Å²) in [6.45, 7) is 0. The third kappa shape index (κ3) is 8.50. The fraction of sp³-hybridized carbons (Fsp3) is 0.0556. The number of nitrogens with one attached hydrogen (secondary N) is 2. The van der Waals surface area contributed by atoms with Crippen molar-refractivity contribution in [1.29, 1.82) is 0 Å². The molecule has 222 valence electrons. The highest BCUT2D eigenvalue weighted by Gasteiger charge is 2.16. The molecule has 8 heteroatoms. The van der Waals surface area contributed by atoms with Gasteiger partial charge in [0.1, 0.15) is 0 Å². The first-order valence-electron chi connectivity index (χ1n) is 13.2. The minimum Gasteiger partial charge on any atom is -0.396 e. The summed E-state index contributed by atoms with van der Waals surface area (Å²) in [5, 5.41) is 17.4. The second kappa shape index (κ2) is 15.8. The summed E-state index contributed by atoms with van der Waals surface area (Å²) in [5.41, 5.74) is 11.9. The molecule has 0 amide bonds. The minimum absolute atomic E-state index is 0. The number of nitrogen functional groups attached to an aromatic ring is 1. The number of rotatable bonds is 7. The Hall–Kier alpha value is -6.02. The van der Waals surface area contributed by atoms with Crippen LogP contribution < -0.4 is 16.4 Å². The number of para-hydroxylation sites is 2. The van der Waals surface area contributed by atoms with Gasteiger partial charge in [-0.2, -0.15) is 0 Å². The van der Waals surface area contributed by atoms with Gasteiger partial charge in [-0.3, -0.25) is 10.1 Å². The highest BCUT2D eigenvalue weighted by molar-refractivity contribution is 5.73. The van der Waals surface area contributed by atoms with Crippen LogP contribution in [0.4, 0.5) is 34.4 Å². The van der Waals surface area contributed by atoms with Gasteiger partial charge in [0.25, 0.3) is 0 Å². The summed E-state index contributed by atoms with van der Waals surface area (Å²) >= 11 is 0. The molecule has 2 heterocycles. The number of benzene rings is 4. The Morgan fingerprint density at radius 1 is 0.523 bits per heavy atom. The van der Waals surface area contributed by atoms with E-state index in [2.05, 4.69) is 20.6 Å². The van der Waals surface area contributed by atoms with E-state index in [9.17, 15) is 10.1 Å². The van der Waals surface area contributed by atoms with Crippen molar-refractivity contribution in [2.75, 3.05) is 16.4 Å². The number of nitrogens with zero attached hydrogens (tertiary/aromatic N) is 3. The van der Waals surface area contributed by atoms with Crippen LogP contribution in [0, 0.1) is 10.1 Å². The maximum Gasteiger partial charge on any atom is 0.311 e. The Morgan fingerprint density at radius 3 is 1.36 bits per heavy atom. The van der Waals surface area contributed by atoms with Crippen molar-refractivity contribution in [3.8, 4) is 22.5 Å². The largest absolute Gasteiger partial charge is 0.396 e. The molecule has 4 aromatic carbocycles. The third-order valence-corrected chi connectivity index (χ3v) is 6.21. The van der Waals surface area contributed by atoms with Gasteiger partial charge < -0.3 is 16.4 Å². The fourth-order valence-corrected chi connectivity index (χ4v) is 4.12. The molecule has 0 bridgehead atoms. The SMILES string of the molecule is C.C.Nc1ccc(-c2ccccc2)nc1Nc1ccccc1.O=[N+]([O-])c1ccc(-c2ccccc2)nc1Nc1ccccc1. The molecule has 0 aliphatic carbocycles. The van der Waals surface area contributed by atoms with Crippen molar-refractivity contribution >= 4 is 34.4 Å². The Balaban J connectivity index is 0.000000231. The normalized spacial score (nSPS) is 9.73. The number of hydrogen-bond acceptors (Lipinski definition) is 7. The van der Waals surface area contributed by atoms with Crippen LogP contribution in [0.5, 0.6) is 0 Å². The Morgan fingerprint density at radius 2 is 0.909 bits per heavy atom. The molecule has 0 aliphatic rings. The molecule has 0 unspecified atom stereocenters. The first-order valence-corrected chi connectivity index (χ1v) is 13.2. The van der Waals surface area contributed by atoms with Crippen molar-refractivity contribution in [2.45, 2.75) is 14.9 Å². The highest BCUT2D eigenvalue weighted by atomic mass is 16.6. The standard InChI is InChI=1S/C17H13N3O2.C17H15N3.2CH4/c21-20(22)16-12-11-15(13-7-3-1-4-8-13)19-17(16)18-14-9-5-2-6-10-14;18-15-11-12-16(13-7-3-1-4-8-13)20-17(15)19-14-9-5-2-6-10-14;;/h1-12H,(H,18,19);1-12H,18H2,(H,19,20);2*1H4. The van der Waals surface area contributed by atoms with Gasteiger partial charge in [-0.25, -0.2) is 9.97 Å². The molecule has 6 aromatic rings. The number of pyridine rings is 2. The number of hydrogen-bond donors (Lipinski definition) is 3. The predicted octanol–water partition coefficient (Wildman–Crippen LogP) is 9.75. The predicted molar refractivity (Wildman–Crippen MR) is 183 cm³/mol. The van der Waals surface area contributed by atoms with Gasteiger partial charge in [0, 0.05) is 28.6 Å². The molecule has 0 aliphatic heterocycles. The van der Waals surface area contributed by atoms with Gasteiger partial charge in [0.2, 0.25) is 5.82 Å². The van der Waals surface area contributed by atoms with Gasteiger partial charge in [0.05, 0.1) is 22.0 Å². The lowest BCUT2D eigenvalue weighted by molar-refractivity contribution is -0.384. The zero-order chi connectivity index (χ0) is 29.1. The second-order valence-electron chi connectivity index (χ2n) is 9.17. The van der Waals surface area contributed by atoms with E-state index in [4.69, 9.17) is 5.73 Å². The Kier molecular flexibility index (Phi) is 11.7. The zero-order valence-electron chi connectivity index (χ0n) is 22.6. The van der Waals surface area contributed by atoms with E-state index in [-0.39, 0.29) is 26.4 Å². The van der Waals surface area contributed by atoms with Crippen molar-refractivity contribution in [2.24, 2.45) is 0 Å². The number of anilines is 5. The lowest BCUT2D eigenvalue weighted by Crippen LogP contribution is -2.00. The lowest BCUT2D eigenvalue weighted by Gasteiger charge is -2.10. The van der Waals surface area contributed by atoms with Gasteiger partial charge in [0.15, 0.2) is 5.82 Å². The third-order valence-electron chi connectivity index (χ3n) is 6.21. The van der Waals surface area contributed by atoms with Crippen molar-refractivity contribution in [1.82, 2.24) is 9.97 Å². The minimum atomic E-state index is -0.437. The van der Waals surface area contributed by atoms with Crippen LogP contribution in [-0.2, 0) is 0 Å². The van der Waals surface area contributed by atoms with E-state index >= 15 is 0 Å². The molecule has 0 atom stereocenters. The summed E-state index contributed by atoms with van der Waals surface area (Å²) in [6, 6.07) is 45.7. The molecular weight excluding hydrogens is 548 g/mol. The van der Waals surface area contributed by atoms with Crippen LogP contribution in [0.15, 0.2) is 146 Å². The summed E-state index contributed by atoms with van der Waals surface area (Å²) in [7, 11) is 0. The average Bonchev–Trinajstić information content (AvgIpc) is 3.04. The molecule has 6 rings (SSSR count). The summed E-state index contributed by atoms with van der Waals surface area (Å²) < 4.78 is 0. The van der Waals surface area contributed by atoms with E-state index in [1.807, 2.05) is 133 Å². The summed E-state index contributed by atoms with van der Waals surface area (Å²) in [4.78, 5) is 19.8. The fourth-order valence-electron chi connectivity index (χ4n) is 4.12. The first-order chi connectivity index (χ1) is 20.6. The summed E-state index contributed by atoms with van der Waals surface area (Å²) in [5.74, 6) is 0.912. The van der Waals surface area contributed by atoms with E-state index in [1.54, 1.807) is 6.07 Å². The van der Waals surface area contributed by atoms with Crippen molar-refractivity contribution in [3.63, 3.8) is 0 Å². The van der Waals surface area contributed by atoms with Gasteiger partial charge in [-0.05, 0) is 42.5 Å². The molecule has 4 N–H and O–H groups in total. The van der Waals surface area contributed by atoms with Crippen LogP contribution in [-0.4, -0.2) is 14.9 Å². The van der Waals surface area contributed by atoms with Crippen LogP contribution >= 0.6 is 0 Å². The molecule has 8 nitrogen and oxygen atoms in total. The molecule has 0 spiro atoms. The Bertz CT molecular complexity index is 1750. The van der Waals surface area contributed by atoms with E-state index in [1.165, 1.54) is 6.07 Å². The van der Waals surface area contributed by atoms with E-state index in [0.29, 0.717) is 17.2 Å². The number of aromatic nitrogens is 2. The quantitative estimate of drug-likeness (QED) is 0.126. The van der Waals surface area contributed by atoms with Crippen molar-refractivity contribution < 1.29 is 4.92 Å². The first kappa shape index (κ1) is 32.5. The van der Waals surface area contributed by atoms with Crippen LogP contribution in [0.3, 0.4) is 0 Å². The molecular formula is C36H36N6O2. The van der Waals surface area contributed by atoms with Crippen LogP contribution in [0.1, 0.15) is 14.9 Å². The zero-order valence-corrected chi connectivity index (χ0v) is 22.6. The van der Waals surface area contributed by atoms with E-state index in [0.717, 1.165) is 28.2 Å². The molecule has 0 saturated carbocycles. The van der Waals surface area contributed by atoms with Gasteiger partial charge in [-0.15, -0.1) is 0 Å². The van der Waals surface area contributed by atoms with Gasteiger partial charge in [-0.1, -0.05) is 112 Å². The van der Waals surface area contributed by atoms with E-state index < -0.39 is 4.92 Å². The monoisotopic (exact) mass is 584 g/mol. The molecule has 44 heavy (non-hydrogen) atoms. The van der Waals surface area contributed by atoms with Gasteiger partial charge >= 0.3 is 5.69 Å². The molecule has 0 radical (unpaired) electrons. The maximum atomic E-state index is 11.2. The number of nitrogens with two attached hydrogens (primary N) is 1. The maximum absolute atomic E-state index is 11.2. The second-order valence-corrected chi connectivity index (χ2v) is 9.17. The molecule has 2 aromatic heterocycles. The highest BCUT2D eigenvalue weighted by Crippen LogP contribution is 2.29. The topological polar surface area (TPSA) is 119 Å².